The molecule has 142 valence electrons. The minimum atomic E-state index is -1.01. The Labute approximate surface area is 159 Å². The summed E-state index contributed by atoms with van der Waals surface area (Å²) in [6.07, 6.45) is 2.14. The van der Waals surface area contributed by atoms with Crippen LogP contribution in [-0.2, 0) is 0 Å². The molecule has 0 atom stereocenters. The molecule has 0 spiro atoms. The molecule has 1 aromatic rings. The summed E-state index contributed by atoms with van der Waals surface area (Å²) in [5, 5.41) is 18.2. The lowest BCUT2D eigenvalue weighted by atomic mass is 9.90. The first kappa shape index (κ1) is 24.3. The monoisotopic (exact) mass is 367 g/mol. The second kappa shape index (κ2) is 11.1. The molecule has 0 unspecified atom stereocenters. The highest BCUT2D eigenvalue weighted by atomic mass is 32.2. The van der Waals surface area contributed by atoms with Crippen LogP contribution in [0.15, 0.2) is 24.3 Å². The molecule has 1 aliphatic heterocycles. The van der Waals surface area contributed by atoms with Crippen LogP contribution in [-0.4, -0.2) is 73.0 Å². The third-order valence-corrected chi connectivity index (χ3v) is 5.13. The van der Waals surface area contributed by atoms with Gasteiger partial charge in [-0.15, -0.1) is 0 Å². The molecule has 25 heavy (non-hydrogen) atoms. The highest BCUT2D eigenvalue weighted by Gasteiger charge is 2.31. The number of nitrogens with two attached hydrogens (primary N) is 1. The van der Waals surface area contributed by atoms with E-state index < -0.39 is 11.2 Å². The fourth-order valence-corrected chi connectivity index (χ4v) is 2.34. The summed E-state index contributed by atoms with van der Waals surface area (Å²) < 4.78 is 2.40. The van der Waals surface area contributed by atoms with Gasteiger partial charge in [-0.25, -0.2) is 4.31 Å². The van der Waals surface area contributed by atoms with Gasteiger partial charge in [0.15, 0.2) is 0 Å². The Morgan fingerprint density at radius 3 is 1.64 bits per heavy atom. The SMILES string of the molecule is CC(C)(O)C(C)(C)O.CN.[B]c1ccc(N2CCN(SC)CC2)cc1. The molecule has 1 fully saturated rings. The van der Waals surface area contributed by atoms with E-state index >= 15 is 0 Å². The number of hydrogen-bond acceptors (Lipinski definition) is 6. The van der Waals surface area contributed by atoms with Crippen LogP contribution in [0.1, 0.15) is 27.7 Å². The fraction of sp³-hybridized carbons (Fsp3) is 0.667. The van der Waals surface area contributed by atoms with Crippen molar-refractivity contribution in [3.8, 4) is 0 Å². The summed E-state index contributed by atoms with van der Waals surface area (Å²) >= 11 is 1.83. The maximum atomic E-state index is 9.10. The van der Waals surface area contributed by atoms with E-state index in [1.807, 2.05) is 24.1 Å². The van der Waals surface area contributed by atoms with Gasteiger partial charge in [-0.1, -0.05) is 29.5 Å². The fourth-order valence-electron chi connectivity index (χ4n) is 1.81. The first-order valence-corrected chi connectivity index (χ1v) is 9.65. The quantitative estimate of drug-likeness (QED) is 0.547. The van der Waals surface area contributed by atoms with E-state index in [1.54, 1.807) is 27.7 Å². The summed E-state index contributed by atoms with van der Waals surface area (Å²) in [6, 6.07) is 8.14. The third-order valence-electron chi connectivity index (χ3n) is 4.25. The maximum Gasteiger partial charge on any atom is 0.113 e. The van der Waals surface area contributed by atoms with E-state index in [2.05, 4.69) is 33.3 Å². The van der Waals surface area contributed by atoms with Crippen LogP contribution in [0.3, 0.4) is 0 Å². The van der Waals surface area contributed by atoms with Gasteiger partial charge in [-0.05, 0) is 53.1 Å². The van der Waals surface area contributed by atoms with Crippen LogP contribution in [0.2, 0.25) is 0 Å². The predicted molar refractivity (Wildman–Crippen MR) is 112 cm³/mol. The van der Waals surface area contributed by atoms with Crippen molar-refractivity contribution in [1.29, 1.82) is 0 Å². The largest absolute Gasteiger partial charge is 0.387 e. The molecule has 1 saturated heterocycles. The molecule has 0 aromatic heterocycles. The van der Waals surface area contributed by atoms with Crippen molar-refractivity contribution < 1.29 is 10.2 Å². The first-order chi connectivity index (χ1) is 11.5. The third kappa shape index (κ3) is 8.97. The van der Waals surface area contributed by atoms with Gasteiger partial charge in [0.25, 0.3) is 0 Å². The maximum absolute atomic E-state index is 9.10. The van der Waals surface area contributed by atoms with Crippen LogP contribution >= 0.6 is 11.9 Å². The summed E-state index contributed by atoms with van der Waals surface area (Å²) in [4.78, 5) is 2.41. The predicted octanol–water partition coefficient (Wildman–Crippen LogP) is 0.984. The Kier molecular flexibility index (Phi) is 10.8. The van der Waals surface area contributed by atoms with Crippen LogP contribution in [0.5, 0.6) is 0 Å². The normalized spacial score (nSPS) is 15.6. The van der Waals surface area contributed by atoms with E-state index in [9.17, 15) is 0 Å². The Balaban J connectivity index is 0.000000493. The summed E-state index contributed by atoms with van der Waals surface area (Å²) in [5.74, 6) is 0. The molecule has 1 heterocycles. The Morgan fingerprint density at radius 1 is 0.920 bits per heavy atom. The van der Waals surface area contributed by atoms with E-state index in [4.69, 9.17) is 18.1 Å². The van der Waals surface area contributed by atoms with Crippen LogP contribution in [0.25, 0.3) is 0 Å². The molecule has 0 bridgehead atoms. The van der Waals surface area contributed by atoms with Gasteiger partial charge in [0, 0.05) is 31.9 Å². The number of aliphatic hydroxyl groups is 2. The van der Waals surface area contributed by atoms with Gasteiger partial charge < -0.3 is 20.8 Å². The van der Waals surface area contributed by atoms with Crippen molar-refractivity contribution in [1.82, 2.24) is 4.31 Å². The lowest BCUT2D eigenvalue weighted by Gasteiger charge is -2.34. The van der Waals surface area contributed by atoms with Crippen molar-refractivity contribution in [2.75, 3.05) is 44.4 Å². The topological polar surface area (TPSA) is 73.0 Å². The summed E-state index contributed by atoms with van der Waals surface area (Å²) in [5.41, 5.74) is 4.60. The number of nitrogens with zero attached hydrogens (tertiary/aromatic N) is 2. The van der Waals surface area contributed by atoms with E-state index in [1.165, 1.54) is 12.7 Å². The summed E-state index contributed by atoms with van der Waals surface area (Å²) in [6.45, 7) is 10.8. The highest BCUT2D eigenvalue weighted by Crippen LogP contribution is 2.19. The average molecular weight is 367 g/mol. The number of benzene rings is 1. The zero-order chi connectivity index (χ0) is 19.7. The van der Waals surface area contributed by atoms with Gasteiger partial charge in [-0.3, -0.25) is 0 Å². The standard InChI is InChI=1S/C11H15BN2S.C6H14O2.CH5N/c1-15-14-8-6-13(7-9-14)11-4-2-10(12)3-5-11;1-5(2,7)6(3,4)8;1-2/h2-5H,6-9H2,1H3;7-8H,1-4H3;2H2,1H3. The Morgan fingerprint density at radius 2 is 1.32 bits per heavy atom. The lowest BCUT2D eigenvalue weighted by Crippen LogP contribution is -2.44. The number of anilines is 1. The van der Waals surface area contributed by atoms with Crippen LogP contribution < -0.4 is 16.1 Å². The zero-order valence-electron chi connectivity index (χ0n) is 16.5. The van der Waals surface area contributed by atoms with Crippen LogP contribution in [0, 0.1) is 0 Å². The molecular weight excluding hydrogens is 333 g/mol. The van der Waals surface area contributed by atoms with E-state index in [0.29, 0.717) is 0 Å². The molecule has 2 radical (unpaired) electrons. The highest BCUT2D eigenvalue weighted by molar-refractivity contribution is 7.96. The minimum Gasteiger partial charge on any atom is -0.387 e. The molecule has 7 heteroatoms. The molecule has 1 aromatic carbocycles. The molecular formula is C18H34BN3O2S. The van der Waals surface area contributed by atoms with Gasteiger partial charge in [0.2, 0.25) is 0 Å². The second-order valence-electron chi connectivity index (χ2n) is 6.81. The van der Waals surface area contributed by atoms with Gasteiger partial charge >= 0.3 is 0 Å². The van der Waals surface area contributed by atoms with Crippen molar-refractivity contribution in [3.05, 3.63) is 24.3 Å². The minimum absolute atomic E-state index is 0.835. The molecule has 4 N–H and O–H groups in total. The molecule has 0 saturated carbocycles. The molecule has 2 rings (SSSR count). The van der Waals surface area contributed by atoms with Crippen molar-refractivity contribution in [3.63, 3.8) is 0 Å². The average Bonchev–Trinajstić information content (AvgIpc) is 2.56. The Bertz CT molecular complexity index is 453. The number of hydrogen-bond donors (Lipinski definition) is 3. The first-order valence-electron chi connectivity index (χ1n) is 8.46. The van der Waals surface area contributed by atoms with Gasteiger partial charge in [0.1, 0.15) is 7.85 Å². The van der Waals surface area contributed by atoms with Crippen molar-refractivity contribution >= 4 is 30.9 Å². The number of piperazine rings is 1. The zero-order valence-corrected chi connectivity index (χ0v) is 17.3. The smallest absolute Gasteiger partial charge is 0.113 e. The number of rotatable bonds is 3. The van der Waals surface area contributed by atoms with E-state index in [0.717, 1.165) is 31.6 Å². The Hall–Kier alpha value is -0.725. The van der Waals surface area contributed by atoms with Crippen LogP contribution in [0.4, 0.5) is 5.69 Å². The lowest BCUT2D eigenvalue weighted by molar-refractivity contribution is -0.107. The molecule has 0 aliphatic carbocycles. The molecule has 5 nitrogen and oxygen atoms in total. The van der Waals surface area contributed by atoms with Crippen molar-refractivity contribution in [2.45, 2.75) is 38.9 Å². The van der Waals surface area contributed by atoms with Crippen molar-refractivity contribution in [2.24, 2.45) is 5.73 Å². The van der Waals surface area contributed by atoms with Gasteiger partial charge in [-0.2, -0.15) is 0 Å². The molecule has 1 aliphatic rings. The molecule has 0 amide bonds. The van der Waals surface area contributed by atoms with E-state index in [-0.39, 0.29) is 0 Å². The van der Waals surface area contributed by atoms with Gasteiger partial charge in [0.05, 0.1) is 11.2 Å². The summed E-state index contributed by atoms with van der Waals surface area (Å²) in [7, 11) is 7.17. The second-order valence-corrected chi connectivity index (χ2v) is 7.69.